The third-order valence-corrected chi connectivity index (χ3v) is 3.69. The maximum atomic E-state index is 12.4. The van der Waals surface area contributed by atoms with Crippen molar-refractivity contribution < 1.29 is 9.72 Å². The summed E-state index contributed by atoms with van der Waals surface area (Å²) >= 11 is 0. The molecule has 1 heterocycles. The van der Waals surface area contributed by atoms with Crippen LogP contribution in [0, 0.1) is 10.1 Å². The summed E-state index contributed by atoms with van der Waals surface area (Å²) in [6.07, 6.45) is 6.52. The first-order chi connectivity index (χ1) is 12.1. The fraction of sp³-hybridized carbons (Fsp3) is 0. The lowest BCUT2D eigenvalue weighted by molar-refractivity contribution is -0.384. The van der Waals surface area contributed by atoms with E-state index in [0.29, 0.717) is 5.56 Å². The predicted octanol–water partition coefficient (Wildman–Crippen LogP) is 4.97. The number of nitro benzene ring substituents is 1. The number of rotatable bonds is 5. The number of carbonyl (C=O) groups excluding carboxylic acids is 1. The Kier molecular flexibility index (Phi) is 6.36. The maximum Gasteiger partial charge on any atom is 0.269 e. The van der Waals surface area contributed by atoms with Gasteiger partial charge in [0.2, 0.25) is 0 Å². The van der Waals surface area contributed by atoms with E-state index in [0.717, 1.165) is 16.7 Å². The zero-order valence-electron chi connectivity index (χ0n) is 13.6. The van der Waals surface area contributed by atoms with Gasteiger partial charge in [-0.2, -0.15) is 0 Å². The van der Waals surface area contributed by atoms with Crippen LogP contribution in [0.25, 0.3) is 17.2 Å². The van der Waals surface area contributed by atoms with Crippen molar-refractivity contribution in [3.63, 3.8) is 0 Å². The molecule has 0 spiro atoms. The monoisotopic (exact) mass is 366 g/mol. The molecule has 0 aliphatic carbocycles. The van der Waals surface area contributed by atoms with Gasteiger partial charge in [-0.3, -0.25) is 19.9 Å². The molecule has 6 heteroatoms. The van der Waals surface area contributed by atoms with Gasteiger partial charge in [-0.05, 0) is 53.1 Å². The summed E-state index contributed by atoms with van der Waals surface area (Å²) in [5, 5.41) is 10.6. The molecule has 0 amide bonds. The summed E-state index contributed by atoms with van der Waals surface area (Å²) in [6, 6.07) is 17.2. The fourth-order valence-electron chi connectivity index (χ4n) is 2.37. The molecule has 5 nitrogen and oxygen atoms in total. The minimum Gasteiger partial charge on any atom is -0.289 e. The van der Waals surface area contributed by atoms with E-state index in [4.69, 9.17) is 0 Å². The van der Waals surface area contributed by atoms with Crippen LogP contribution in [0.4, 0.5) is 5.69 Å². The molecule has 0 N–H and O–H groups in total. The molecule has 0 bridgehead atoms. The van der Waals surface area contributed by atoms with Crippen molar-refractivity contribution in [3.05, 3.63) is 100 Å². The summed E-state index contributed by atoms with van der Waals surface area (Å²) in [7, 11) is 0. The SMILES string of the molecule is Cl.O=C(/C=C/c1ccc([N+](=O)[O-])cc1)c1cccc(-c2ccncc2)c1. The average molecular weight is 367 g/mol. The van der Waals surface area contributed by atoms with Gasteiger partial charge in [0.15, 0.2) is 5.78 Å². The highest BCUT2D eigenvalue weighted by Crippen LogP contribution is 2.20. The summed E-state index contributed by atoms with van der Waals surface area (Å²) in [6.45, 7) is 0. The minimum atomic E-state index is -0.455. The van der Waals surface area contributed by atoms with Gasteiger partial charge in [0, 0.05) is 30.1 Å². The molecule has 0 radical (unpaired) electrons. The van der Waals surface area contributed by atoms with Gasteiger partial charge in [-0.1, -0.05) is 24.3 Å². The minimum absolute atomic E-state index is 0. The Hall–Kier alpha value is -3.31. The molecular weight excluding hydrogens is 352 g/mol. The molecule has 130 valence electrons. The zero-order chi connectivity index (χ0) is 17.6. The molecule has 26 heavy (non-hydrogen) atoms. The number of ketones is 1. The van der Waals surface area contributed by atoms with Crippen molar-refractivity contribution in [1.29, 1.82) is 0 Å². The van der Waals surface area contributed by atoms with E-state index in [9.17, 15) is 14.9 Å². The summed E-state index contributed by atoms with van der Waals surface area (Å²) in [4.78, 5) is 26.5. The topological polar surface area (TPSA) is 73.1 Å². The Morgan fingerprint density at radius 2 is 1.65 bits per heavy atom. The first kappa shape index (κ1) is 19.0. The van der Waals surface area contributed by atoms with E-state index in [1.54, 1.807) is 36.7 Å². The second kappa shape index (κ2) is 8.69. The molecule has 2 aromatic carbocycles. The molecule has 1 aromatic heterocycles. The van der Waals surface area contributed by atoms with Crippen molar-refractivity contribution >= 4 is 30.0 Å². The van der Waals surface area contributed by atoms with E-state index in [1.165, 1.54) is 18.2 Å². The number of allylic oxidation sites excluding steroid dienone is 1. The number of aromatic nitrogens is 1. The average Bonchev–Trinajstić information content (AvgIpc) is 2.67. The summed E-state index contributed by atoms with van der Waals surface area (Å²) in [5.74, 6) is -0.130. The molecule has 0 atom stereocenters. The van der Waals surface area contributed by atoms with Crippen LogP contribution in [-0.2, 0) is 0 Å². The third-order valence-electron chi connectivity index (χ3n) is 3.69. The van der Waals surface area contributed by atoms with Gasteiger partial charge in [0.05, 0.1) is 4.92 Å². The van der Waals surface area contributed by atoms with Crippen molar-refractivity contribution in [3.8, 4) is 11.1 Å². The van der Waals surface area contributed by atoms with E-state index in [1.807, 2.05) is 30.3 Å². The molecular formula is C20H15ClN2O3. The zero-order valence-corrected chi connectivity index (χ0v) is 14.4. The lowest BCUT2D eigenvalue weighted by atomic mass is 10.0. The lowest BCUT2D eigenvalue weighted by Gasteiger charge is -2.03. The Labute approximate surface area is 156 Å². The van der Waals surface area contributed by atoms with Crippen LogP contribution in [0.2, 0.25) is 0 Å². The maximum absolute atomic E-state index is 12.4. The number of carbonyl (C=O) groups is 1. The standard InChI is InChI=1S/C20H14N2O3.ClH/c23-20(9-6-15-4-7-19(8-5-15)22(24)25)18-3-1-2-17(14-18)16-10-12-21-13-11-16;/h1-14H;1H/b9-6+;. The first-order valence-corrected chi connectivity index (χ1v) is 7.61. The highest BCUT2D eigenvalue weighted by atomic mass is 35.5. The number of non-ortho nitro benzene ring substituents is 1. The molecule has 3 rings (SSSR count). The van der Waals surface area contributed by atoms with E-state index < -0.39 is 4.92 Å². The van der Waals surface area contributed by atoms with Crippen molar-refractivity contribution in [2.45, 2.75) is 0 Å². The lowest BCUT2D eigenvalue weighted by Crippen LogP contribution is -1.94. The number of hydrogen-bond donors (Lipinski definition) is 0. The van der Waals surface area contributed by atoms with Gasteiger partial charge < -0.3 is 0 Å². The van der Waals surface area contributed by atoms with Crippen LogP contribution >= 0.6 is 12.4 Å². The second-order valence-corrected chi connectivity index (χ2v) is 5.36. The van der Waals surface area contributed by atoms with Crippen LogP contribution in [0.5, 0.6) is 0 Å². The number of hydrogen-bond acceptors (Lipinski definition) is 4. The van der Waals surface area contributed by atoms with Crippen LogP contribution in [-0.4, -0.2) is 15.7 Å². The van der Waals surface area contributed by atoms with Crippen LogP contribution in [0.1, 0.15) is 15.9 Å². The molecule has 3 aromatic rings. The summed E-state index contributed by atoms with van der Waals surface area (Å²) < 4.78 is 0. The van der Waals surface area contributed by atoms with Gasteiger partial charge in [0.1, 0.15) is 0 Å². The van der Waals surface area contributed by atoms with E-state index in [2.05, 4.69) is 4.98 Å². The number of halogens is 1. The number of nitro groups is 1. The summed E-state index contributed by atoms with van der Waals surface area (Å²) in [5.41, 5.74) is 3.26. The van der Waals surface area contributed by atoms with Crippen molar-refractivity contribution in [2.75, 3.05) is 0 Å². The Morgan fingerprint density at radius 3 is 2.31 bits per heavy atom. The largest absolute Gasteiger partial charge is 0.289 e. The number of nitrogens with zero attached hydrogens (tertiary/aromatic N) is 2. The van der Waals surface area contributed by atoms with Gasteiger partial charge >= 0.3 is 0 Å². The third kappa shape index (κ3) is 4.62. The van der Waals surface area contributed by atoms with Crippen LogP contribution in [0.15, 0.2) is 79.1 Å². The molecule has 0 saturated heterocycles. The van der Waals surface area contributed by atoms with E-state index in [-0.39, 0.29) is 23.9 Å². The second-order valence-electron chi connectivity index (χ2n) is 5.36. The van der Waals surface area contributed by atoms with Gasteiger partial charge in [0.25, 0.3) is 5.69 Å². The number of pyridine rings is 1. The highest BCUT2D eigenvalue weighted by Gasteiger charge is 2.05. The fourth-order valence-corrected chi connectivity index (χ4v) is 2.37. The van der Waals surface area contributed by atoms with Crippen LogP contribution < -0.4 is 0 Å². The van der Waals surface area contributed by atoms with E-state index >= 15 is 0 Å². The van der Waals surface area contributed by atoms with Crippen molar-refractivity contribution in [2.24, 2.45) is 0 Å². The molecule has 0 aliphatic rings. The number of benzene rings is 2. The normalized spacial score (nSPS) is 10.3. The van der Waals surface area contributed by atoms with Gasteiger partial charge in [-0.25, -0.2) is 0 Å². The first-order valence-electron chi connectivity index (χ1n) is 7.61. The van der Waals surface area contributed by atoms with Crippen molar-refractivity contribution in [1.82, 2.24) is 4.98 Å². The Bertz CT molecular complexity index is 939. The Morgan fingerprint density at radius 1 is 0.962 bits per heavy atom. The molecule has 0 unspecified atom stereocenters. The quantitative estimate of drug-likeness (QED) is 0.276. The molecule has 0 fully saturated rings. The Balaban J connectivity index is 0.00000243. The molecule has 0 saturated carbocycles. The highest BCUT2D eigenvalue weighted by molar-refractivity contribution is 6.07. The van der Waals surface area contributed by atoms with Gasteiger partial charge in [-0.15, -0.1) is 12.4 Å². The predicted molar refractivity (Wildman–Crippen MR) is 103 cm³/mol. The molecule has 0 aliphatic heterocycles. The smallest absolute Gasteiger partial charge is 0.269 e. The van der Waals surface area contributed by atoms with Crippen LogP contribution in [0.3, 0.4) is 0 Å².